The van der Waals surface area contributed by atoms with Crippen LogP contribution < -0.4 is 26.2 Å². The summed E-state index contributed by atoms with van der Waals surface area (Å²) in [6, 6.07) is 13.1. The maximum Gasteiger partial charge on any atom is 0.269 e. The second-order valence-corrected chi connectivity index (χ2v) is 7.02. The monoisotopic (exact) mass is 442 g/mol. The highest BCUT2D eigenvalue weighted by atomic mass is 32.1. The van der Waals surface area contributed by atoms with Gasteiger partial charge in [0.05, 0.1) is 6.61 Å². The van der Waals surface area contributed by atoms with E-state index in [2.05, 4.69) is 21.5 Å². The molecule has 4 N–H and O–H groups in total. The van der Waals surface area contributed by atoms with Crippen molar-refractivity contribution in [1.29, 1.82) is 0 Å². The number of carbonyl (C=O) groups is 3. The van der Waals surface area contributed by atoms with Crippen molar-refractivity contribution in [1.82, 2.24) is 16.2 Å². The number of amides is 3. The highest BCUT2D eigenvalue weighted by molar-refractivity contribution is 7.80. The van der Waals surface area contributed by atoms with Gasteiger partial charge in [-0.3, -0.25) is 30.6 Å². The fraction of sp³-hybridized carbons (Fsp3) is 0.273. The molecular weight excluding hydrogens is 416 g/mol. The number of hydrogen-bond donors (Lipinski definition) is 4. The van der Waals surface area contributed by atoms with E-state index in [9.17, 15) is 14.4 Å². The zero-order valence-electron chi connectivity index (χ0n) is 17.5. The minimum atomic E-state index is -0.444. The molecular formula is C22H26N4O4S. The van der Waals surface area contributed by atoms with Gasteiger partial charge in [0.1, 0.15) is 5.75 Å². The first-order valence-electron chi connectivity index (χ1n) is 9.97. The number of ether oxygens (including phenoxy) is 1. The Kier molecular flexibility index (Phi) is 9.44. The fourth-order valence-corrected chi connectivity index (χ4v) is 2.61. The van der Waals surface area contributed by atoms with Gasteiger partial charge in [0.2, 0.25) is 5.91 Å². The second kappa shape index (κ2) is 12.3. The third-order valence-electron chi connectivity index (χ3n) is 4.01. The Balaban J connectivity index is 1.80. The van der Waals surface area contributed by atoms with Gasteiger partial charge in [0, 0.05) is 23.2 Å². The van der Waals surface area contributed by atoms with Crippen LogP contribution in [-0.2, 0) is 4.79 Å². The zero-order valence-corrected chi connectivity index (χ0v) is 18.3. The lowest BCUT2D eigenvalue weighted by atomic mass is 10.2. The summed E-state index contributed by atoms with van der Waals surface area (Å²) in [5, 5.41) is 5.19. The summed E-state index contributed by atoms with van der Waals surface area (Å²) in [6.45, 7) is 4.54. The first-order valence-corrected chi connectivity index (χ1v) is 10.4. The molecule has 2 aromatic rings. The number of nitrogens with one attached hydrogen (secondary N) is 4. The lowest BCUT2D eigenvalue weighted by Crippen LogP contribution is -2.48. The number of carbonyl (C=O) groups excluding carboxylic acids is 3. The van der Waals surface area contributed by atoms with Crippen molar-refractivity contribution in [3.8, 4) is 5.75 Å². The van der Waals surface area contributed by atoms with Gasteiger partial charge in [0.15, 0.2) is 5.11 Å². The molecule has 0 aliphatic heterocycles. The standard InChI is InChI=1S/C22H26N4O4S/c1-3-5-19(27)23-17-10-6-16(7-11-17)21(29)25-26-22(31)24-20(28)15-8-12-18(13-9-15)30-14-4-2/h6-13H,3-5,14H2,1-2H3,(H,23,27)(H,25,29)(H2,24,26,28,31). The molecule has 0 radical (unpaired) electrons. The van der Waals surface area contributed by atoms with Gasteiger partial charge in [0.25, 0.3) is 11.8 Å². The molecule has 2 rings (SSSR count). The van der Waals surface area contributed by atoms with Crippen LogP contribution in [0, 0.1) is 0 Å². The minimum Gasteiger partial charge on any atom is -0.494 e. The molecule has 9 heteroatoms. The summed E-state index contributed by atoms with van der Waals surface area (Å²) in [7, 11) is 0. The Morgan fingerprint density at radius 2 is 1.45 bits per heavy atom. The van der Waals surface area contributed by atoms with Gasteiger partial charge < -0.3 is 10.1 Å². The van der Waals surface area contributed by atoms with E-state index in [1.54, 1.807) is 48.5 Å². The van der Waals surface area contributed by atoms with Crippen LogP contribution >= 0.6 is 12.2 Å². The molecule has 8 nitrogen and oxygen atoms in total. The van der Waals surface area contributed by atoms with E-state index in [-0.39, 0.29) is 11.0 Å². The molecule has 31 heavy (non-hydrogen) atoms. The van der Waals surface area contributed by atoms with Crippen LogP contribution in [-0.4, -0.2) is 29.4 Å². The summed E-state index contributed by atoms with van der Waals surface area (Å²) in [5.41, 5.74) is 6.28. The molecule has 0 aliphatic carbocycles. The van der Waals surface area contributed by atoms with E-state index < -0.39 is 11.8 Å². The van der Waals surface area contributed by atoms with E-state index in [0.717, 1.165) is 12.8 Å². The predicted molar refractivity (Wildman–Crippen MR) is 123 cm³/mol. The van der Waals surface area contributed by atoms with E-state index in [0.29, 0.717) is 35.6 Å². The van der Waals surface area contributed by atoms with Crippen molar-refractivity contribution in [3.63, 3.8) is 0 Å². The molecule has 0 aliphatic rings. The summed E-state index contributed by atoms with van der Waals surface area (Å²) in [5.74, 6) is -0.255. The number of hydrogen-bond acceptors (Lipinski definition) is 5. The zero-order chi connectivity index (χ0) is 22.6. The second-order valence-electron chi connectivity index (χ2n) is 6.61. The average molecular weight is 443 g/mol. The normalized spacial score (nSPS) is 10.0. The van der Waals surface area contributed by atoms with Crippen LogP contribution in [0.15, 0.2) is 48.5 Å². The Labute approximate surface area is 186 Å². The summed E-state index contributed by atoms with van der Waals surface area (Å²) in [6.07, 6.45) is 2.09. The molecule has 0 unspecified atom stereocenters. The van der Waals surface area contributed by atoms with Crippen LogP contribution in [0.3, 0.4) is 0 Å². The van der Waals surface area contributed by atoms with Gasteiger partial charge in [-0.2, -0.15) is 0 Å². The Morgan fingerprint density at radius 3 is 2.06 bits per heavy atom. The maximum atomic E-state index is 12.2. The summed E-state index contributed by atoms with van der Waals surface area (Å²) < 4.78 is 5.48. The molecule has 0 fully saturated rings. The number of anilines is 1. The molecule has 164 valence electrons. The summed E-state index contributed by atoms with van der Waals surface area (Å²) >= 11 is 5.04. The van der Waals surface area contributed by atoms with Crippen molar-refractivity contribution in [2.24, 2.45) is 0 Å². The van der Waals surface area contributed by atoms with E-state index in [4.69, 9.17) is 17.0 Å². The van der Waals surface area contributed by atoms with E-state index >= 15 is 0 Å². The van der Waals surface area contributed by atoms with Crippen molar-refractivity contribution in [2.75, 3.05) is 11.9 Å². The van der Waals surface area contributed by atoms with Gasteiger partial charge in [-0.15, -0.1) is 0 Å². The molecule has 0 saturated heterocycles. The highest BCUT2D eigenvalue weighted by Gasteiger charge is 2.10. The lowest BCUT2D eigenvalue weighted by molar-refractivity contribution is -0.116. The third-order valence-corrected chi connectivity index (χ3v) is 4.22. The van der Waals surface area contributed by atoms with Gasteiger partial charge in [-0.05, 0) is 73.6 Å². The van der Waals surface area contributed by atoms with Crippen LogP contribution in [0.5, 0.6) is 5.75 Å². The van der Waals surface area contributed by atoms with Crippen molar-refractivity contribution in [2.45, 2.75) is 33.1 Å². The maximum absolute atomic E-state index is 12.2. The first-order chi connectivity index (χ1) is 14.9. The highest BCUT2D eigenvalue weighted by Crippen LogP contribution is 2.12. The number of rotatable bonds is 8. The molecule has 0 heterocycles. The minimum absolute atomic E-state index is 0.0480. The Bertz CT molecular complexity index is 914. The summed E-state index contributed by atoms with van der Waals surface area (Å²) in [4.78, 5) is 36.1. The van der Waals surface area contributed by atoms with Gasteiger partial charge in [-0.1, -0.05) is 13.8 Å². The molecule has 0 aromatic heterocycles. The molecule has 0 bridgehead atoms. The van der Waals surface area contributed by atoms with E-state index in [1.165, 1.54) is 0 Å². The van der Waals surface area contributed by atoms with Crippen molar-refractivity contribution >= 4 is 40.7 Å². The predicted octanol–water partition coefficient (Wildman–Crippen LogP) is 3.16. The SMILES string of the molecule is CCCOc1ccc(C(=O)NC(=S)NNC(=O)c2ccc(NC(=O)CCC)cc2)cc1. The van der Waals surface area contributed by atoms with Crippen molar-refractivity contribution < 1.29 is 19.1 Å². The Hall–Kier alpha value is -3.46. The van der Waals surface area contributed by atoms with Crippen LogP contribution in [0.1, 0.15) is 53.8 Å². The number of benzene rings is 2. The smallest absolute Gasteiger partial charge is 0.269 e. The van der Waals surface area contributed by atoms with Crippen LogP contribution in [0.25, 0.3) is 0 Å². The molecule has 0 saturated carbocycles. The third kappa shape index (κ3) is 8.06. The van der Waals surface area contributed by atoms with Crippen LogP contribution in [0.2, 0.25) is 0 Å². The molecule has 2 aromatic carbocycles. The van der Waals surface area contributed by atoms with E-state index in [1.807, 2.05) is 13.8 Å². The Morgan fingerprint density at radius 1 is 0.839 bits per heavy atom. The number of thiocarbonyl (C=S) groups is 1. The lowest BCUT2D eigenvalue weighted by Gasteiger charge is -2.11. The topological polar surface area (TPSA) is 109 Å². The number of hydrazine groups is 1. The quantitative estimate of drug-likeness (QED) is 0.369. The van der Waals surface area contributed by atoms with Crippen LogP contribution in [0.4, 0.5) is 5.69 Å². The molecule has 0 atom stereocenters. The fourth-order valence-electron chi connectivity index (χ4n) is 2.47. The molecule has 3 amide bonds. The van der Waals surface area contributed by atoms with Crippen molar-refractivity contribution in [3.05, 3.63) is 59.7 Å². The first kappa shape index (κ1) is 23.8. The average Bonchev–Trinajstić information content (AvgIpc) is 2.77. The van der Waals surface area contributed by atoms with Gasteiger partial charge in [-0.25, -0.2) is 0 Å². The largest absolute Gasteiger partial charge is 0.494 e. The van der Waals surface area contributed by atoms with Gasteiger partial charge >= 0.3 is 0 Å². The molecule has 0 spiro atoms.